The van der Waals surface area contributed by atoms with Crippen LogP contribution in [0.2, 0.25) is 0 Å². The van der Waals surface area contributed by atoms with Gasteiger partial charge in [-0.1, -0.05) is 13.8 Å². The van der Waals surface area contributed by atoms with Crippen LogP contribution in [0.4, 0.5) is 5.69 Å². The molecule has 8 heteroatoms. The van der Waals surface area contributed by atoms with Gasteiger partial charge in [0.05, 0.1) is 24.2 Å². The highest BCUT2D eigenvalue weighted by atomic mass is 32.2. The van der Waals surface area contributed by atoms with Crippen LogP contribution in [0.25, 0.3) is 0 Å². The number of aryl methyl sites for hydroxylation is 1. The standard InChI is InChI=1S/C16H22N4O3S/c1-12(2)10-24(22,23)11-16(21)20(9-15-18-4-5-19-15)14-6-13(3)7-17-8-14/h4-8,12H,9-11H2,1-3H3,(H,18,19). The van der Waals surface area contributed by atoms with Crippen LogP contribution in [0.3, 0.4) is 0 Å². The number of H-pyrrole nitrogens is 1. The predicted octanol–water partition coefficient (Wildman–Crippen LogP) is 1.72. The number of nitrogens with one attached hydrogen (secondary N) is 1. The highest BCUT2D eigenvalue weighted by Crippen LogP contribution is 2.17. The van der Waals surface area contributed by atoms with E-state index in [1.54, 1.807) is 30.9 Å². The molecule has 0 bridgehead atoms. The summed E-state index contributed by atoms with van der Waals surface area (Å²) >= 11 is 0. The molecule has 7 nitrogen and oxygen atoms in total. The zero-order valence-corrected chi connectivity index (χ0v) is 14.9. The lowest BCUT2D eigenvalue weighted by molar-refractivity contribution is -0.116. The van der Waals surface area contributed by atoms with Gasteiger partial charge in [-0.15, -0.1) is 0 Å². The van der Waals surface area contributed by atoms with Gasteiger partial charge < -0.3 is 9.88 Å². The number of rotatable bonds is 7. The van der Waals surface area contributed by atoms with E-state index in [-0.39, 0.29) is 18.2 Å². The van der Waals surface area contributed by atoms with Crippen molar-refractivity contribution in [3.8, 4) is 0 Å². The number of nitrogens with zero attached hydrogens (tertiary/aromatic N) is 3. The second-order valence-electron chi connectivity index (χ2n) is 6.18. The smallest absolute Gasteiger partial charge is 0.242 e. The molecule has 2 aromatic rings. The van der Waals surface area contributed by atoms with E-state index >= 15 is 0 Å². The van der Waals surface area contributed by atoms with Crippen LogP contribution in [-0.4, -0.2) is 40.8 Å². The molecule has 130 valence electrons. The molecule has 0 atom stereocenters. The van der Waals surface area contributed by atoms with Crippen LogP contribution in [0.1, 0.15) is 25.2 Å². The second kappa shape index (κ2) is 7.57. The van der Waals surface area contributed by atoms with Crippen molar-refractivity contribution < 1.29 is 13.2 Å². The van der Waals surface area contributed by atoms with E-state index in [9.17, 15) is 13.2 Å². The normalized spacial score (nSPS) is 11.7. The van der Waals surface area contributed by atoms with Gasteiger partial charge in [0.25, 0.3) is 0 Å². The molecule has 1 N–H and O–H groups in total. The maximum Gasteiger partial charge on any atom is 0.242 e. The predicted molar refractivity (Wildman–Crippen MR) is 92.2 cm³/mol. The molecule has 0 saturated heterocycles. The number of carbonyl (C=O) groups is 1. The Balaban J connectivity index is 2.26. The summed E-state index contributed by atoms with van der Waals surface area (Å²) in [6.07, 6.45) is 6.46. The SMILES string of the molecule is Cc1cncc(N(Cc2ncc[nH]2)C(=O)CS(=O)(=O)CC(C)C)c1. The van der Waals surface area contributed by atoms with Gasteiger partial charge in [0.1, 0.15) is 11.6 Å². The Kier molecular flexibility index (Phi) is 5.71. The second-order valence-corrected chi connectivity index (χ2v) is 8.29. The highest BCUT2D eigenvalue weighted by molar-refractivity contribution is 7.92. The number of hydrogen-bond donors (Lipinski definition) is 1. The number of sulfone groups is 1. The van der Waals surface area contributed by atoms with E-state index in [0.29, 0.717) is 11.5 Å². The molecular formula is C16H22N4O3S. The average Bonchev–Trinajstić information content (AvgIpc) is 2.95. The van der Waals surface area contributed by atoms with Crippen molar-refractivity contribution >= 4 is 21.4 Å². The Morgan fingerprint density at radius 3 is 2.67 bits per heavy atom. The number of anilines is 1. The van der Waals surface area contributed by atoms with Crippen molar-refractivity contribution in [2.75, 3.05) is 16.4 Å². The minimum atomic E-state index is -3.46. The number of hydrogen-bond acceptors (Lipinski definition) is 5. The lowest BCUT2D eigenvalue weighted by Gasteiger charge is -2.22. The van der Waals surface area contributed by atoms with E-state index in [2.05, 4.69) is 15.0 Å². The van der Waals surface area contributed by atoms with Gasteiger partial charge in [-0.25, -0.2) is 13.4 Å². The summed E-state index contributed by atoms with van der Waals surface area (Å²) in [4.78, 5) is 25.2. The number of aromatic nitrogens is 3. The summed E-state index contributed by atoms with van der Waals surface area (Å²) in [7, 11) is -3.46. The fourth-order valence-electron chi connectivity index (χ4n) is 2.38. The Hall–Kier alpha value is -2.22. The van der Waals surface area contributed by atoms with E-state index in [4.69, 9.17) is 0 Å². The summed E-state index contributed by atoms with van der Waals surface area (Å²) in [5.74, 6) is -0.480. The van der Waals surface area contributed by atoms with E-state index < -0.39 is 21.5 Å². The van der Waals surface area contributed by atoms with Gasteiger partial charge in [0.2, 0.25) is 5.91 Å². The summed E-state index contributed by atoms with van der Waals surface area (Å²) in [5, 5.41) is 0. The molecule has 0 aromatic carbocycles. The zero-order chi connectivity index (χ0) is 17.7. The fourth-order valence-corrected chi connectivity index (χ4v) is 4.04. The third kappa shape index (κ3) is 5.16. The summed E-state index contributed by atoms with van der Waals surface area (Å²) < 4.78 is 24.3. The molecule has 0 spiro atoms. The molecule has 2 heterocycles. The van der Waals surface area contributed by atoms with Crippen molar-refractivity contribution in [3.63, 3.8) is 0 Å². The Morgan fingerprint density at radius 2 is 2.08 bits per heavy atom. The summed E-state index contributed by atoms with van der Waals surface area (Å²) in [6.45, 7) is 5.65. The van der Waals surface area contributed by atoms with Gasteiger partial charge >= 0.3 is 0 Å². The first-order chi connectivity index (χ1) is 11.3. The van der Waals surface area contributed by atoms with E-state index in [1.807, 2.05) is 20.8 Å². The summed E-state index contributed by atoms with van der Waals surface area (Å²) in [6, 6.07) is 1.79. The topological polar surface area (TPSA) is 96.0 Å². The van der Waals surface area contributed by atoms with Gasteiger partial charge in [-0.2, -0.15) is 0 Å². The Labute approximate surface area is 142 Å². The molecule has 24 heavy (non-hydrogen) atoms. The van der Waals surface area contributed by atoms with Gasteiger partial charge in [-0.05, 0) is 24.5 Å². The van der Waals surface area contributed by atoms with Gasteiger partial charge in [0, 0.05) is 18.6 Å². The first kappa shape index (κ1) is 18.1. The van der Waals surface area contributed by atoms with Crippen molar-refractivity contribution in [1.82, 2.24) is 15.0 Å². The minimum Gasteiger partial charge on any atom is -0.347 e. The molecule has 2 rings (SSSR count). The Bertz CT molecular complexity index is 785. The Morgan fingerprint density at radius 1 is 1.33 bits per heavy atom. The molecule has 0 aliphatic carbocycles. The number of aromatic amines is 1. The molecule has 0 aliphatic rings. The molecular weight excluding hydrogens is 328 g/mol. The van der Waals surface area contributed by atoms with Crippen LogP contribution in [-0.2, 0) is 21.2 Å². The van der Waals surface area contributed by atoms with Gasteiger partial charge in [0.15, 0.2) is 9.84 Å². The lowest BCUT2D eigenvalue weighted by Crippen LogP contribution is -2.37. The quantitative estimate of drug-likeness (QED) is 0.820. The number of carbonyl (C=O) groups excluding carboxylic acids is 1. The minimum absolute atomic E-state index is 0.0145. The van der Waals surface area contributed by atoms with Crippen LogP contribution in [0, 0.1) is 12.8 Å². The van der Waals surface area contributed by atoms with Crippen LogP contribution >= 0.6 is 0 Å². The lowest BCUT2D eigenvalue weighted by atomic mass is 10.2. The molecule has 2 aromatic heterocycles. The highest BCUT2D eigenvalue weighted by Gasteiger charge is 2.25. The molecule has 1 amide bonds. The van der Waals surface area contributed by atoms with Crippen molar-refractivity contribution in [1.29, 1.82) is 0 Å². The monoisotopic (exact) mass is 350 g/mol. The maximum absolute atomic E-state index is 12.7. The molecule has 0 saturated carbocycles. The van der Waals surface area contributed by atoms with Crippen molar-refractivity contribution in [3.05, 3.63) is 42.2 Å². The third-order valence-corrected chi connectivity index (χ3v) is 5.13. The zero-order valence-electron chi connectivity index (χ0n) is 14.1. The number of amides is 1. The first-order valence-corrected chi connectivity index (χ1v) is 9.49. The molecule has 0 fully saturated rings. The maximum atomic E-state index is 12.7. The molecule has 0 aliphatic heterocycles. The number of pyridine rings is 1. The average molecular weight is 350 g/mol. The summed E-state index contributed by atoms with van der Waals surface area (Å²) in [5.41, 5.74) is 1.44. The van der Waals surface area contributed by atoms with Crippen molar-refractivity contribution in [2.45, 2.75) is 27.3 Å². The van der Waals surface area contributed by atoms with Crippen LogP contribution in [0.15, 0.2) is 30.9 Å². The molecule has 0 unspecified atom stereocenters. The van der Waals surface area contributed by atoms with Crippen LogP contribution in [0.5, 0.6) is 0 Å². The van der Waals surface area contributed by atoms with Crippen LogP contribution < -0.4 is 4.90 Å². The van der Waals surface area contributed by atoms with E-state index in [0.717, 1.165) is 5.56 Å². The number of imidazole rings is 1. The first-order valence-electron chi connectivity index (χ1n) is 7.67. The third-order valence-electron chi connectivity index (χ3n) is 3.27. The van der Waals surface area contributed by atoms with Gasteiger partial charge in [-0.3, -0.25) is 9.78 Å². The van der Waals surface area contributed by atoms with Crippen molar-refractivity contribution in [2.24, 2.45) is 5.92 Å². The largest absolute Gasteiger partial charge is 0.347 e. The fraction of sp³-hybridized carbons (Fsp3) is 0.438. The molecule has 0 radical (unpaired) electrons. The van der Waals surface area contributed by atoms with E-state index in [1.165, 1.54) is 4.90 Å².